The third kappa shape index (κ3) is 4.15. The lowest BCUT2D eigenvalue weighted by Crippen LogP contribution is -2.44. The smallest absolute Gasteiger partial charge is 0.263 e. The Balaban J connectivity index is 1.24. The highest BCUT2D eigenvalue weighted by Gasteiger charge is 2.36. The minimum absolute atomic E-state index is 0.00611. The van der Waals surface area contributed by atoms with Gasteiger partial charge in [-0.15, -0.1) is 11.3 Å². The lowest BCUT2D eigenvalue weighted by Gasteiger charge is -2.35. The van der Waals surface area contributed by atoms with Gasteiger partial charge in [0, 0.05) is 32.0 Å². The standard InChI is InChI=1S/C24H28N2O4S/c27-23(17-8-11-25(12-9-17)24(28)22-5-2-15-31-22)26-10-1-4-19(26)18-6-7-20-21(16-18)30-14-3-13-29-20/h2,5-7,15-17,19H,1,3-4,8-14H2/t19-/m0/s1. The molecule has 0 N–H and O–H groups in total. The Morgan fingerprint density at radius 2 is 1.74 bits per heavy atom. The summed E-state index contributed by atoms with van der Waals surface area (Å²) in [6.45, 7) is 3.43. The molecule has 2 fully saturated rings. The number of amides is 2. The normalized spacial score (nSPS) is 21.7. The first-order valence-corrected chi connectivity index (χ1v) is 12.1. The summed E-state index contributed by atoms with van der Waals surface area (Å²) in [5, 5.41) is 1.93. The quantitative estimate of drug-likeness (QED) is 0.720. The van der Waals surface area contributed by atoms with E-state index in [2.05, 4.69) is 17.0 Å². The summed E-state index contributed by atoms with van der Waals surface area (Å²) in [5.41, 5.74) is 1.13. The number of benzene rings is 1. The van der Waals surface area contributed by atoms with Crippen molar-refractivity contribution in [1.82, 2.24) is 9.80 Å². The Labute approximate surface area is 186 Å². The average molecular weight is 441 g/mol. The monoisotopic (exact) mass is 440 g/mol. The lowest BCUT2D eigenvalue weighted by atomic mass is 9.94. The van der Waals surface area contributed by atoms with Gasteiger partial charge in [-0.05, 0) is 54.8 Å². The average Bonchev–Trinajstić information content (AvgIpc) is 3.47. The molecular formula is C24H28N2O4S. The molecule has 0 aliphatic carbocycles. The minimum atomic E-state index is -0.00611. The maximum Gasteiger partial charge on any atom is 0.263 e. The Kier molecular flexibility index (Phi) is 5.85. The molecule has 0 radical (unpaired) electrons. The van der Waals surface area contributed by atoms with Crippen molar-refractivity contribution >= 4 is 23.2 Å². The van der Waals surface area contributed by atoms with Crippen molar-refractivity contribution in [1.29, 1.82) is 0 Å². The largest absolute Gasteiger partial charge is 0.490 e. The third-order valence-corrected chi connectivity index (χ3v) is 7.41. The second-order valence-electron chi connectivity index (χ2n) is 8.49. The summed E-state index contributed by atoms with van der Waals surface area (Å²) in [6.07, 6.45) is 4.34. The van der Waals surface area contributed by atoms with Gasteiger partial charge < -0.3 is 19.3 Å². The molecule has 2 aromatic rings. The van der Waals surface area contributed by atoms with Gasteiger partial charge in [-0.25, -0.2) is 0 Å². The number of carbonyl (C=O) groups excluding carboxylic acids is 2. The van der Waals surface area contributed by atoms with E-state index in [-0.39, 0.29) is 23.8 Å². The fraction of sp³-hybridized carbons (Fsp3) is 0.500. The number of fused-ring (bicyclic) bond motifs is 1. The Hall–Kier alpha value is -2.54. The lowest BCUT2D eigenvalue weighted by molar-refractivity contribution is -0.137. The number of hydrogen-bond donors (Lipinski definition) is 0. The van der Waals surface area contributed by atoms with E-state index in [0.29, 0.717) is 26.3 Å². The maximum atomic E-state index is 13.4. The van der Waals surface area contributed by atoms with Gasteiger partial charge in [0.1, 0.15) is 0 Å². The number of carbonyl (C=O) groups is 2. The summed E-state index contributed by atoms with van der Waals surface area (Å²) in [7, 11) is 0. The van der Waals surface area contributed by atoms with Crippen LogP contribution in [0.4, 0.5) is 0 Å². The van der Waals surface area contributed by atoms with Gasteiger partial charge in [-0.3, -0.25) is 9.59 Å². The molecule has 0 spiro atoms. The molecule has 6 nitrogen and oxygen atoms in total. The van der Waals surface area contributed by atoms with E-state index in [9.17, 15) is 9.59 Å². The van der Waals surface area contributed by atoms with Crippen LogP contribution in [0.25, 0.3) is 0 Å². The Morgan fingerprint density at radius 3 is 2.52 bits per heavy atom. The van der Waals surface area contributed by atoms with Gasteiger partial charge in [0.15, 0.2) is 11.5 Å². The van der Waals surface area contributed by atoms with Gasteiger partial charge in [0.05, 0.1) is 24.1 Å². The molecule has 1 atom stereocenters. The van der Waals surface area contributed by atoms with Crippen molar-refractivity contribution in [3.8, 4) is 11.5 Å². The molecule has 0 saturated carbocycles. The third-order valence-electron chi connectivity index (χ3n) is 6.56. The van der Waals surface area contributed by atoms with Crippen molar-refractivity contribution < 1.29 is 19.1 Å². The van der Waals surface area contributed by atoms with E-state index in [1.807, 2.05) is 28.5 Å². The van der Waals surface area contributed by atoms with Gasteiger partial charge in [-0.1, -0.05) is 12.1 Å². The van der Waals surface area contributed by atoms with Crippen LogP contribution in [-0.2, 0) is 4.79 Å². The maximum absolute atomic E-state index is 13.4. The second kappa shape index (κ2) is 8.91. The minimum Gasteiger partial charge on any atom is -0.490 e. The molecule has 5 rings (SSSR count). The fourth-order valence-electron chi connectivity index (χ4n) is 4.88. The van der Waals surface area contributed by atoms with Gasteiger partial charge in [-0.2, -0.15) is 0 Å². The molecule has 2 saturated heterocycles. The Bertz CT molecular complexity index is 937. The van der Waals surface area contributed by atoms with Crippen molar-refractivity contribution in [2.45, 2.75) is 38.1 Å². The van der Waals surface area contributed by atoms with Gasteiger partial charge in [0.2, 0.25) is 5.91 Å². The number of nitrogens with zero attached hydrogens (tertiary/aromatic N) is 2. The highest BCUT2D eigenvalue weighted by molar-refractivity contribution is 7.12. The first kappa shape index (κ1) is 20.4. The van der Waals surface area contributed by atoms with Crippen molar-refractivity contribution in [3.63, 3.8) is 0 Å². The van der Waals surface area contributed by atoms with Gasteiger partial charge >= 0.3 is 0 Å². The van der Waals surface area contributed by atoms with E-state index in [1.165, 1.54) is 11.3 Å². The topological polar surface area (TPSA) is 59.1 Å². The highest BCUT2D eigenvalue weighted by Crippen LogP contribution is 2.39. The fourth-order valence-corrected chi connectivity index (χ4v) is 5.58. The van der Waals surface area contributed by atoms with E-state index in [4.69, 9.17) is 9.47 Å². The summed E-state index contributed by atoms with van der Waals surface area (Å²) in [6, 6.07) is 9.97. The van der Waals surface area contributed by atoms with Crippen LogP contribution in [0.1, 0.15) is 53.4 Å². The molecule has 4 heterocycles. The number of likely N-dealkylation sites (tertiary alicyclic amines) is 2. The Morgan fingerprint density at radius 1 is 0.935 bits per heavy atom. The highest BCUT2D eigenvalue weighted by atomic mass is 32.1. The van der Waals surface area contributed by atoms with Crippen molar-refractivity contribution in [3.05, 3.63) is 46.2 Å². The summed E-state index contributed by atoms with van der Waals surface area (Å²) >= 11 is 1.48. The molecule has 0 unspecified atom stereocenters. The van der Waals surface area contributed by atoms with E-state index >= 15 is 0 Å². The molecule has 1 aromatic heterocycles. The predicted octanol–water partition coefficient (Wildman–Crippen LogP) is 4.13. The molecule has 31 heavy (non-hydrogen) atoms. The molecule has 164 valence electrons. The van der Waals surface area contributed by atoms with E-state index in [1.54, 1.807) is 0 Å². The summed E-state index contributed by atoms with van der Waals surface area (Å²) in [5.74, 6) is 1.90. The van der Waals surface area contributed by atoms with Crippen LogP contribution < -0.4 is 9.47 Å². The van der Waals surface area contributed by atoms with Crippen LogP contribution in [0.5, 0.6) is 11.5 Å². The van der Waals surface area contributed by atoms with E-state index < -0.39 is 0 Å². The first-order valence-electron chi connectivity index (χ1n) is 11.2. The number of rotatable bonds is 3. The number of hydrogen-bond acceptors (Lipinski definition) is 5. The number of thiophene rings is 1. The zero-order chi connectivity index (χ0) is 21.2. The van der Waals surface area contributed by atoms with Crippen LogP contribution in [0, 0.1) is 5.92 Å². The molecule has 2 amide bonds. The van der Waals surface area contributed by atoms with Crippen LogP contribution in [-0.4, -0.2) is 54.5 Å². The van der Waals surface area contributed by atoms with Gasteiger partial charge in [0.25, 0.3) is 5.91 Å². The zero-order valence-corrected chi connectivity index (χ0v) is 18.4. The molecule has 7 heteroatoms. The summed E-state index contributed by atoms with van der Waals surface area (Å²) < 4.78 is 11.6. The zero-order valence-electron chi connectivity index (χ0n) is 17.6. The molecule has 3 aliphatic rings. The molecular weight excluding hydrogens is 412 g/mol. The number of piperidine rings is 1. The molecule has 3 aliphatic heterocycles. The summed E-state index contributed by atoms with van der Waals surface area (Å²) in [4.78, 5) is 30.7. The first-order chi connectivity index (χ1) is 15.2. The van der Waals surface area contributed by atoms with E-state index in [0.717, 1.165) is 60.6 Å². The predicted molar refractivity (Wildman–Crippen MR) is 119 cm³/mol. The SMILES string of the molecule is O=C(c1cccs1)N1CCC(C(=O)N2CCC[C@H]2c2ccc3c(c2)OCCCO3)CC1. The number of ether oxygens (including phenoxy) is 2. The van der Waals surface area contributed by atoms with Crippen LogP contribution in [0.15, 0.2) is 35.7 Å². The van der Waals surface area contributed by atoms with Crippen molar-refractivity contribution in [2.24, 2.45) is 5.92 Å². The van der Waals surface area contributed by atoms with Crippen LogP contribution >= 0.6 is 11.3 Å². The molecule has 1 aromatic carbocycles. The van der Waals surface area contributed by atoms with Crippen molar-refractivity contribution in [2.75, 3.05) is 32.8 Å². The van der Waals surface area contributed by atoms with Crippen LogP contribution in [0.3, 0.4) is 0 Å². The second-order valence-corrected chi connectivity index (χ2v) is 9.44. The molecule has 0 bridgehead atoms. The van der Waals surface area contributed by atoms with Crippen LogP contribution in [0.2, 0.25) is 0 Å².